The van der Waals surface area contributed by atoms with E-state index in [1.165, 1.54) is 6.92 Å². The first-order chi connectivity index (χ1) is 12.3. The van der Waals surface area contributed by atoms with Gasteiger partial charge in [-0.25, -0.2) is 4.79 Å². The third-order valence-electron chi connectivity index (χ3n) is 8.62. The molecule has 0 aromatic carbocycles. The van der Waals surface area contributed by atoms with Crippen LogP contribution in [0.2, 0.25) is 0 Å². The predicted molar refractivity (Wildman–Crippen MR) is 95.3 cm³/mol. The molecule has 0 N–H and O–H groups in total. The van der Waals surface area contributed by atoms with E-state index >= 15 is 0 Å². The Morgan fingerprint density at radius 3 is 2.00 bits per heavy atom. The third kappa shape index (κ3) is 1.99. The summed E-state index contributed by atoms with van der Waals surface area (Å²) in [4.78, 5) is 37.4. The van der Waals surface area contributed by atoms with E-state index in [1.54, 1.807) is 0 Å². The molecule has 27 heavy (non-hydrogen) atoms. The maximum absolute atomic E-state index is 13.4. The molecule has 150 valence electrons. The first-order valence-electron chi connectivity index (χ1n) is 9.93. The van der Waals surface area contributed by atoms with E-state index in [1.807, 2.05) is 34.6 Å². The molecule has 0 aromatic rings. The fraction of sp³-hybridized carbons (Fsp3) is 0.857. The summed E-state index contributed by atoms with van der Waals surface area (Å²) in [5, 5.41) is 0. The summed E-state index contributed by atoms with van der Waals surface area (Å²) in [6, 6.07) is 0. The Kier molecular flexibility index (Phi) is 3.52. The number of hydrogen-bond donors (Lipinski definition) is 0. The molecular formula is C21H30O6. The normalized spacial score (nSPS) is 48.0. The number of ether oxygens (including phenoxy) is 3. The predicted octanol–water partition coefficient (Wildman–Crippen LogP) is 2.87. The molecule has 3 aliphatic carbocycles. The van der Waals surface area contributed by atoms with Crippen molar-refractivity contribution in [2.24, 2.45) is 34.0 Å². The molecule has 6 nitrogen and oxygen atoms in total. The molecule has 6 heteroatoms. The van der Waals surface area contributed by atoms with Crippen LogP contribution in [0.4, 0.5) is 0 Å². The van der Waals surface area contributed by atoms with Crippen molar-refractivity contribution < 1.29 is 28.6 Å². The number of hydrogen-bond acceptors (Lipinski definition) is 6. The topological polar surface area (TPSA) is 78.9 Å². The molecule has 1 aliphatic heterocycles. The van der Waals surface area contributed by atoms with Crippen LogP contribution in [0.15, 0.2) is 0 Å². The molecule has 1 heterocycles. The van der Waals surface area contributed by atoms with Gasteiger partial charge in [0.25, 0.3) is 0 Å². The van der Waals surface area contributed by atoms with E-state index in [9.17, 15) is 14.4 Å². The summed E-state index contributed by atoms with van der Waals surface area (Å²) in [5.41, 5.74) is -2.98. The smallest absolute Gasteiger partial charge is 0.351 e. The zero-order valence-corrected chi connectivity index (χ0v) is 17.3. The van der Waals surface area contributed by atoms with E-state index in [0.29, 0.717) is 18.8 Å². The van der Waals surface area contributed by atoms with Crippen LogP contribution in [0.3, 0.4) is 0 Å². The second-order valence-corrected chi connectivity index (χ2v) is 10.4. The highest BCUT2D eigenvalue weighted by Crippen LogP contribution is 2.68. The van der Waals surface area contributed by atoms with Crippen LogP contribution in [0.5, 0.6) is 0 Å². The van der Waals surface area contributed by atoms with Gasteiger partial charge in [-0.3, -0.25) is 9.59 Å². The van der Waals surface area contributed by atoms with Gasteiger partial charge in [0.1, 0.15) is 12.2 Å². The van der Waals surface area contributed by atoms with Gasteiger partial charge in [-0.2, -0.15) is 0 Å². The maximum Gasteiger partial charge on any atom is 0.351 e. The molecule has 7 atom stereocenters. The van der Waals surface area contributed by atoms with E-state index in [0.717, 1.165) is 0 Å². The Bertz CT molecular complexity index is 739. The number of carbonyl (C=O) groups is 3. The highest BCUT2D eigenvalue weighted by atomic mass is 16.6. The van der Waals surface area contributed by atoms with Crippen LogP contribution in [-0.2, 0) is 28.6 Å². The average Bonchev–Trinajstić information content (AvgIpc) is 3.02. The molecule has 2 bridgehead atoms. The van der Waals surface area contributed by atoms with Crippen LogP contribution in [-0.4, -0.2) is 35.7 Å². The van der Waals surface area contributed by atoms with Gasteiger partial charge in [0, 0.05) is 29.6 Å². The van der Waals surface area contributed by atoms with Crippen molar-refractivity contribution in [1.29, 1.82) is 0 Å². The molecular weight excluding hydrogens is 348 g/mol. The van der Waals surface area contributed by atoms with Crippen molar-refractivity contribution >= 4 is 17.9 Å². The molecule has 0 unspecified atom stereocenters. The molecule has 3 saturated carbocycles. The summed E-state index contributed by atoms with van der Waals surface area (Å²) in [7, 11) is 0. The Hall–Kier alpha value is -1.59. The van der Waals surface area contributed by atoms with Crippen LogP contribution in [0.25, 0.3) is 0 Å². The van der Waals surface area contributed by atoms with Crippen molar-refractivity contribution in [2.75, 3.05) is 0 Å². The van der Waals surface area contributed by atoms with Crippen molar-refractivity contribution in [3.8, 4) is 0 Å². The number of fused-ring (bicyclic) bond motifs is 3. The quantitative estimate of drug-likeness (QED) is 0.555. The molecule has 0 spiro atoms. The second kappa shape index (κ2) is 5.06. The van der Waals surface area contributed by atoms with Gasteiger partial charge >= 0.3 is 17.9 Å². The summed E-state index contributed by atoms with van der Waals surface area (Å²) < 4.78 is 17.4. The summed E-state index contributed by atoms with van der Waals surface area (Å²) in [5.74, 6) is -0.331. The number of rotatable bonds is 3. The average molecular weight is 378 g/mol. The Labute approximate surface area is 160 Å². The fourth-order valence-corrected chi connectivity index (χ4v) is 6.19. The fourth-order valence-electron chi connectivity index (χ4n) is 6.19. The Morgan fingerprint density at radius 1 is 1.00 bits per heavy atom. The summed E-state index contributed by atoms with van der Waals surface area (Å²) in [6.45, 7) is 13.2. The molecule has 0 aromatic heterocycles. The van der Waals surface area contributed by atoms with Crippen LogP contribution < -0.4 is 0 Å². The summed E-state index contributed by atoms with van der Waals surface area (Å²) in [6.07, 6.45) is 0.496. The van der Waals surface area contributed by atoms with Gasteiger partial charge in [0.2, 0.25) is 5.60 Å². The van der Waals surface area contributed by atoms with Crippen molar-refractivity contribution in [3.63, 3.8) is 0 Å². The first kappa shape index (κ1) is 18.8. The van der Waals surface area contributed by atoms with E-state index < -0.39 is 27.8 Å². The number of esters is 3. The third-order valence-corrected chi connectivity index (χ3v) is 8.62. The summed E-state index contributed by atoms with van der Waals surface area (Å²) >= 11 is 0. The second-order valence-electron chi connectivity index (χ2n) is 10.4. The zero-order chi connectivity index (χ0) is 20.2. The lowest BCUT2D eigenvalue weighted by molar-refractivity contribution is -0.195. The zero-order valence-electron chi connectivity index (χ0n) is 17.3. The molecule has 4 rings (SSSR count). The molecule has 1 saturated heterocycles. The lowest BCUT2D eigenvalue weighted by Gasteiger charge is -2.39. The Morgan fingerprint density at radius 2 is 1.56 bits per heavy atom. The van der Waals surface area contributed by atoms with Gasteiger partial charge < -0.3 is 14.2 Å². The van der Waals surface area contributed by atoms with Crippen LogP contribution >= 0.6 is 0 Å². The van der Waals surface area contributed by atoms with Crippen LogP contribution in [0, 0.1) is 34.0 Å². The van der Waals surface area contributed by atoms with Gasteiger partial charge in [-0.15, -0.1) is 0 Å². The molecule has 0 radical (unpaired) electrons. The Balaban J connectivity index is 1.61. The lowest BCUT2D eigenvalue weighted by atomic mass is 9.66. The minimum absolute atomic E-state index is 0.178. The van der Waals surface area contributed by atoms with Gasteiger partial charge in [-0.1, -0.05) is 34.6 Å². The molecule has 4 fully saturated rings. The van der Waals surface area contributed by atoms with E-state index in [-0.39, 0.29) is 36.0 Å². The van der Waals surface area contributed by atoms with E-state index in [4.69, 9.17) is 14.2 Å². The SMILES string of the molecule is CC(=O)O[C@H]1[C@H]2[C@H](C)[C@H]2[C@@H](OC(=O)[C@@]23CC[C@@](C)(C(=O)O2)C3(C)C)C1(C)C. The van der Waals surface area contributed by atoms with Crippen molar-refractivity contribution in [1.82, 2.24) is 0 Å². The van der Waals surface area contributed by atoms with E-state index in [2.05, 4.69) is 6.92 Å². The number of carbonyl (C=O) groups excluding carboxylic acids is 3. The highest BCUT2D eigenvalue weighted by molar-refractivity contribution is 5.93. The van der Waals surface area contributed by atoms with Gasteiger partial charge in [0.05, 0.1) is 5.41 Å². The van der Waals surface area contributed by atoms with Crippen molar-refractivity contribution in [3.05, 3.63) is 0 Å². The first-order valence-corrected chi connectivity index (χ1v) is 9.93. The maximum atomic E-state index is 13.4. The van der Waals surface area contributed by atoms with Crippen LogP contribution in [0.1, 0.15) is 61.3 Å². The standard InChI is InChI=1S/C21H30O6/c1-10-12-13(10)15(18(3,4)14(12)25-11(2)22)26-17(24)21-9-8-20(7,16(23)27-21)19(21,5)6/h10,12-15H,8-9H2,1-7H3/t10-,12-,13+,14-,15+,20-,21+/m0/s1. The molecule has 4 aliphatic rings. The largest absolute Gasteiger partial charge is 0.462 e. The van der Waals surface area contributed by atoms with Gasteiger partial charge in [-0.05, 0) is 25.7 Å². The lowest BCUT2D eigenvalue weighted by Crippen LogP contribution is -2.52. The van der Waals surface area contributed by atoms with Crippen molar-refractivity contribution in [2.45, 2.75) is 79.1 Å². The molecule has 0 amide bonds. The van der Waals surface area contributed by atoms with Gasteiger partial charge in [0.15, 0.2) is 0 Å². The minimum Gasteiger partial charge on any atom is -0.462 e. The monoisotopic (exact) mass is 378 g/mol. The minimum atomic E-state index is -1.22. The highest BCUT2D eigenvalue weighted by Gasteiger charge is 2.78.